The number of hydrogen-bond acceptors (Lipinski definition) is 1. The van der Waals surface area contributed by atoms with Gasteiger partial charge in [-0.2, -0.15) is 0 Å². The molecule has 3 nitrogen and oxygen atoms in total. The summed E-state index contributed by atoms with van der Waals surface area (Å²) >= 11 is 0. The van der Waals surface area contributed by atoms with Gasteiger partial charge in [-0.25, -0.2) is 0 Å². The molecule has 0 fully saturated rings. The van der Waals surface area contributed by atoms with E-state index in [-0.39, 0.29) is 11.9 Å². The third-order valence-electron chi connectivity index (χ3n) is 3.81. The van der Waals surface area contributed by atoms with Crippen LogP contribution in [0.4, 0.5) is 0 Å². The molecule has 0 aliphatic carbocycles. The van der Waals surface area contributed by atoms with E-state index >= 15 is 0 Å². The largest absolute Gasteiger partial charge is 0.341 e. The highest BCUT2D eigenvalue weighted by molar-refractivity contribution is 5.83. The number of rotatable bonds is 7. The average molecular weight is 298 g/mol. The fraction of sp³-hybridized carbons (Fsp3) is 0.421. The second kappa shape index (κ2) is 7.83. The first-order valence-corrected chi connectivity index (χ1v) is 8.15. The first kappa shape index (κ1) is 16.3. The minimum Gasteiger partial charge on any atom is -0.341 e. The Balaban J connectivity index is 2.37. The van der Waals surface area contributed by atoms with Crippen LogP contribution in [0, 0.1) is 6.92 Å². The van der Waals surface area contributed by atoms with E-state index in [1.807, 2.05) is 58.3 Å². The summed E-state index contributed by atoms with van der Waals surface area (Å²) in [7, 11) is 0. The molecule has 3 heteroatoms. The van der Waals surface area contributed by atoms with Crippen molar-refractivity contribution in [2.75, 3.05) is 13.1 Å². The van der Waals surface area contributed by atoms with E-state index in [1.165, 1.54) is 5.56 Å². The summed E-state index contributed by atoms with van der Waals surface area (Å²) in [6.45, 7) is 7.92. The maximum atomic E-state index is 13.1. The predicted octanol–water partition coefficient (Wildman–Crippen LogP) is 4.03. The monoisotopic (exact) mass is 298 g/mol. The van der Waals surface area contributed by atoms with Crippen LogP contribution in [0.5, 0.6) is 0 Å². The van der Waals surface area contributed by atoms with E-state index in [0.717, 1.165) is 31.5 Å². The number of benzene rings is 1. The Morgan fingerprint density at radius 3 is 2.23 bits per heavy atom. The topological polar surface area (TPSA) is 25.2 Å². The molecule has 118 valence electrons. The van der Waals surface area contributed by atoms with Crippen molar-refractivity contribution < 1.29 is 4.79 Å². The van der Waals surface area contributed by atoms with E-state index < -0.39 is 0 Å². The highest BCUT2D eigenvalue weighted by atomic mass is 16.2. The standard InChI is InChI=1S/C19H26N2O/c1-4-12-20(13-5-2)19(22)18(17-9-7-6-8-10-17)21-14-11-16(3)15-21/h6-11,14-15,18H,4-5,12-13H2,1-3H3. The van der Waals surface area contributed by atoms with Gasteiger partial charge in [0.1, 0.15) is 6.04 Å². The number of aromatic nitrogens is 1. The minimum absolute atomic E-state index is 0.186. The van der Waals surface area contributed by atoms with Crippen LogP contribution in [0.25, 0.3) is 0 Å². The zero-order valence-electron chi connectivity index (χ0n) is 13.8. The first-order valence-electron chi connectivity index (χ1n) is 8.15. The Morgan fingerprint density at radius 1 is 1.09 bits per heavy atom. The van der Waals surface area contributed by atoms with Crippen molar-refractivity contribution in [3.63, 3.8) is 0 Å². The number of hydrogen-bond donors (Lipinski definition) is 0. The minimum atomic E-state index is -0.270. The lowest BCUT2D eigenvalue weighted by Crippen LogP contribution is -2.38. The smallest absolute Gasteiger partial charge is 0.250 e. The van der Waals surface area contributed by atoms with Crippen molar-refractivity contribution >= 4 is 5.91 Å². The Bertz CT molecular complexity index is 582. The number of carbonyl (C=O) groups excluding carboxylic acids is 1. The Kier molecular flexibility index (Phi) is 5.82. The van der Waals surface area contributed by atoms with Crippen molar-refractivity contribution in [1.82, 2.24) is 9.47 Å². The zero-order valence-corrected chi connectivity index (χ0v) is 13.8. The van der Waals surface area contributed by atoms with E-state index in [9.17, 15) is 4.79 Å². The highest BCUT2D eigenvalue weighted by Gasteiger charge is 2.26. The lowest BCUT2D eigenvalue weighted by Gasteiger charge is -2.28. The van der Waals surface area contributed by atoms with Crippen LogP contribution < -0.4 is 0 Å². The summed E-state index contributed by atoms with van der Waals surface area (Å²) in [5.74, 6) is 0.186. The van der Waals surface area contributed by atoms with Crippen LogP contribution in [0.2, 0.25) is 0 Å². The van der Waals surface area contributed by atoms with Crippen molar-refractivity contribution in [3.05, 3.63) is 59.9 Å². The molecule has 0 aliphatic heterocycles. The molecule has 1 aromatic heterocycles. The molecule has 1 amide bonds. The maximum Gasteiger partial charge on any atom is 0.250 e. The van der Waals surface area contributed by atoms with Gasteiger partial charge in [-0.05, 0) is 37.0 Å². The molecule has 1 heterocycles. The number of amides is 1. The summed E-state index contributed by atoms with van der Waals surface area (Å²) in [5.41, 5.74) is 2.21. The summed E-state index contributed by atoms with van der Waals surface area (Å²) < 4.78 is 2.03. The summed E-state index contributed by atoms with van der Waals surface area (Å²) in [6.07, 6.45) is 6.02. The molecule has 1 atom stereocenters. The van der Waals surface area contributed by atoms with Gasteiger partial charge in [0, 0.05) is 25.5 Å². The van der Waals surface area contributed by atoms with Gasteiger partial charge in [-0.1, -0.05) is 44.2 Å². The molecule has 0 aliphatic rings. The van der Waals surface area contributed by atoms with Crippen LogP contribution >= 0.6 is 0 Å². The molecule has 0 N–H and O–H groups in total. The van der Waals surface area contributed by atoms with Crippen LogP contribution in [0.3, 0.4) is 0 Å². The van der Waals surface area contributed by atoms with Gasteiger partial charge < -0.3 is 9.47 Å². The average Bonchev–Trinajstić information content (AvgIpc) is 2.94. The molecular formula is C19H26N2O. The van der Waals surface area contributed by atoms with E-state index in [4.69, 9.17) is 0 Å². The molecule has 2 aromatic rings. The van der Waals surface area contributed by atoms with Crippen molar-refractivity contribution in [1.29, 1.82) is 0 Å². The second-order valence-corrected chi connectivity index (χ2v) is 5.77. The van der Waals surface area contributed by atoms with Crippen LogP contribution in [-0.4, -0.2) is 28.5 Å². The molecule has 1 aromatic carbocycles. The molecule has 0 spiro atoms. The summed E-state index contributed by atoms with van der Waals surface area (Å²) in [4.78, 5) is 15.1. The molecule has 0 bridgehead atoms. The van der Waals surface area contributed by atoms with Gasteiger partial charge in [0.2, 0.25) is 5.91 Å². The summed E-state index contributed by atoms with van der Waals surface area (Å²) in [6, 6.07) is 11.8. The Hall–Kier alpha value is -2.03. The molecular weight excluding hydrogens is 272 g/mol. The normalized spacial score (nSPS) is 12.1. The Labute approximate surface area is 133 Å². The van der Waals surface area contributed by atoms with Crippen LogP contribution in [0.1, 0.15) is 43.9 Å². The van der Waals surface area contributed by atoms with E-state index in [2.05, 4.69) is 20.8 Å². The fourth-order valence-electron chi connectivity index (χ4n) is 2.81. The van der Waals surface area contributed by atoms with Gasteiger partial charge in [-0.3, -0.25) is 4.79 Å². The van der Waals surface area contributed by atoms with E-state index in [0.29, 0.717) is 0 Å². The number of carbonyl (C=O) groups is 1. The first-order chi connectivity index (χ1) is 10.7. The van der Waals surface area contributed by atoms with Gasteiger partial charge in [-0.15, -0.1) is 0 Å². The van der Waals surface area contributed by atoms with Crippen LogP contribution in [0.15, 0.2) is 48.8 Å². The lowest BCUT2D eigenvalue weighted by molar-refractivity contribution is -0.133. The van der Waals surface area contributed by atoms with Crippen molar-refractivity contribution in [2.24, 2.45) is 0 Å². The zero-order chi connectivity index (χ0) is 15.9. The van der Waals surface area contributed by atoms with Gasteiger partial charge in [0.05, 0.1) is 0 Å². The molecule has 1 unspecified atom stereocenters. The molecule has 0 saturated carbocycles. The SMILES string of the molecule is CCCN(CCC)C(=O)C(c1ccccc1)n1ccc(C)c1. The van der Waals surface area contributed by atoms with Gasteiger partial charge in [0.15, 0.2) is 0 Å². The Morgan fingerprint density at radius 2 is 1.73 bits per heavy atom. The quantitative estimate of drug-likeness (QED) is 0.757. The van der Waals surface area contributed by atoms with Gasteiger partial charge in [0.25, 0.3) is 0 Å². The van der Waals surface area contributed by atoms with Crippen molar-refractivity contribution in [3.8, 4) is 0 Å². The van der Waals surface area contributed by atoms with E-state index in [1.54, 1.807) is 0 Å². The molecule has 0 radical (unpaired) electrons. The third-order valence-corrected chi connectivity index (χ3v) is 3.81. The van der Waals surface area contributed by atoms with Crippen LogP contribution in [-0.2, 0) is 4.79 Å². The molecule has 2 rings (SSSR count). The van der Waals surface area contributed by atoms with Crippen molar-refractivity contribution in [2.45, 2.75) is 39.7 Å². The lowest BCUT2D eigenvalue weighted by atomic mass is 10.0. The number of nitrogens with zero attached hydrogens (tertiary/aromatic N) is 2. The fourth-order valence-corrected chi connectivity index (χ4v) is 2.81. The second-order valence-electron chi connectivity index (χ2n) is 5.77. The molecule has 0 saturated heterocycles. The van der Waals surface area contributed by atoms with Gasteiger partial charge >= 0.3 is 0 Å². The third kappa shape index (κ3) is 3.79. The highest BCUT2D eigenvalue weighted by Crippen LogP contribution is 2.22. The predicted molar refractivity (Wildman–Crippen MR) is 90.9 cm³/mol. The maximum absolute atomic E-state index is 13.1. The summed E-state index contributed by atoms with van der Waals surface area (Å²) in [5, 5.41) is 0. The number of aryl methyl sites for hydroxylation is 1. The molecule has 22 heavy (non-hydrogen) atoms.